The lowest BCUT2D eigenvalue weighted by Gasteiger charge is -2.26. The van der Waals surface area contributed by atoms with E-state index in [0.717, 1.165) is 13.1 Å². The van der Waals surface area contributed by atoms with E-state index in [-0.39, 0.29) is 11.4 Å². The van der Waals surface area contributed by atoms with Gasteiger partial charge in [-0.3, -0.25) is 9.69 Å². The molecule has 0 aromatic heterocycles. The Balaban J connectivity index is 2.06. The fourth-order valence-corrected chi connectivity index (χ4v) is 2.51. The van der Waals surface area contributed by atoms with Crippen molar-refractivity contribution in [1.29, 1.82) is 0 Å². The van der Waals surface area contributed by atoms with Crippen LogP contribution in [0.5, 0.6) is 0 Å². The number of carbonyl (C=O) groups excluding carboxylic acids is 1. The molecule has 0 saturated heterocycles. The zero-order chi connectivity index (χ0) is 16.7. The Kier molecular flexibility index (Phi) is 5.94. The van der Waals surface area contributed by atoms with Crippen LogP contribution in [0.4, 0.5) is 0 Å². The van der Waals surface area contributed by atoms with Gasteiger partial charge in [0.25, 0.3) is 0 Å². The van der Waals surface area contributed by atoms with Gasteiger partial charge < -0.3 is 5.32 Å². The van der Waals surface area contributed by atoms with Crippen LogP contribution in [0, 0.1) is 0 Å². The molecule has 0 unspecified atom stereocenters. The summed E-state index contributed by atoms with van der Waals surface area (Å²) >= 11 is 0. The molecule has 0 spiro atoms. The van der Waals surface area contributed by atoms with Crippen molar-refractivity contribution in [3.8, 4) is 0 Å². The van der Waals surface area contributed by atoms with Crippen molar-refractivity contribution >= 4 is 5.91 Å². The van der Waals surface area contributed by atoms with Gasteiger partial charge in [-0.25, -0.2) is 0 Å². The molecule has 0 radical (unpaired) electrons. The van der Waals surface area contributed by atoms with Gasteiger partial charge in [-0.15, -0.1) is 0 Å². The average Bonchev–Trinajstić information content (AvgIpc) is 2.47. The third kappa shape index (κ3) is 6.66. The summed E-state index contributed by atoms with van der Waals surface area (Å²) in [5, 5.41) is 3.04. The predicted molar refractivity (Wildman–Crippen MR) is 94.9 cm³/mol. The van der Waals surface area contributed by atoms with Gasteiger partial charge in [0.15, 0.2) is 0 Å². The minimum absolute atomic E-state index is 0.0596. The Labute approximate surface area is 139 Å². The first-order valence-corrected chi connectivity index (χ1v) is 8.03. The van der Waals surface area contributed by atoms with Gasteiger partial charge in [0.1, 0.15) is 0 Å². The molecule has 0 aliphatic heterocycles. The second-order valence-corrected chi connectivity index (χ2v) is 6.91. The molecule has 2 rings (SSSR count). The molecule has 122 valence electrons. The molecule has 0 atom stereocenters. The Bertz CT molecular complexity index is 561. The van der Waals surface area contributed by atoms with Crippen molar-refractivity contribution < 1.29 is 4.79 Å². The van der Waals surface area contributed by atoms with Gasteiger partial charge in [-0.05, 0) is 31.9 Å². The standard InChI is InChI=1S/C20H26N2O/c1-20(2,3)21-19(23)16-22(14-17-10-6-4-7-11-17)15-18-12-8-5-9-13-18/h4-13H,14-16H2,1-3H3,(H,21,23). The molecule has 2 aromatic carbocycles. The lowest BCUT2D eigenvalue weighted by Crippen LogP contribution is -2.45. The molecule has 0 heterocycles. The van der Waals surface area contributed by atoms with Crippen molar-refractivity contribution in [2.24, 2.45) is 0 Å². The number of rotatable bonds is 6. The summed E-state index contributed by atoms with van der Waals surface area (Å²) in [5.74, 6) is 0.0596. The summed E-state index contributed by atoms with van der Waals surface area (Å²) in [6, 6.07) is 20.5. The second-order valence-electron chi connectivity index (χ2n) is 6.91. The molecule has 0 aliphatic carbocycles. The Morgan fingerprint density at radius 2 is 1.30 bits per heavy atom. The minimum atomic E-state index is -0.206. The number of benzene rings is 2. The molecule has 1 N–H and O–H groups in total. The first kappa shape index (κ1) is 17.2. The van der Waals surface area contributed by atoms with E-state index in [9.17, 15) is 4.79 Å². The van der Waals surface area contributed by atoms with Gasteiger partial charge in [-0.1, -0.05) is 60.7 Å². The van der Waals surface area contributed by atoms with Crippen LogP contribution in [0.3, 0.4) is 0 Å². The highest BCUT2D eigenvalue weighted by atomic mass is 16.2. The lowest BCUT2D eigenvalue weighted by molar-refractivity contribution is -0.123. The minimum Gasteiger partial charge on any atom is -0.350 e. The van der Waals surface area contributed by atoms with Gasteiger partial charge >= 0.3 is 0 Å². The Morgan fingerprint density at radius 3 is 1.70 bits per heavy atom. The second kappa shape index (κ2) is 7.93. The number of carbonyl (C=O) groups is 1. The van der Waals surface area contributed by atoms with Gasteiger partial charge in [-0.2, -0.15) is 0 Å². The fourth-order valence-electron chi connectivity index (χ4n) is 2.51. The van der Waals surface area contributed by atoms with Crippen molar-refractivity contribution in [3.63, 3.8) is 0 Å². The van der Waals surface area contributed by atoms with Crippen molar-refractivity contribution in [2.45, 2.75) is 39.4 Å². The normalized spacial score (nSPS) is 11.5. The first-order chi connectivity index (χ1) is 10.9. The number of hydrogen-bond acceptors (Lipinski definition) is 2. The lowest BCUT2D eigenvalue weighted by atomic mass is 10.1. The van der Waals surface area contributed by atoms with E-state index in [2.05, 4.69) is 34.5 Å². The summed E-state index contributed by atoms with van der Waals surface area (Å²) in [6.45, 7) is 7.92. The maximum absolute atomic E-state index is 12.3. The molecule has 0 saturated carbocycles. The number of nitrogens with zero attached hydrogens (tertiary/aromatic N) is 1. The van der Waals surface area contributed by atoms with Gasteiger partial charge in [0, 0.05) is 18.6 Å². The van der Waals surface area contributed by atoms with Crippen LogP contribution in [0.15, 0.2) is 60.7 Å². The largest absolute Gasteiger partial charge is 0.350 e. The Morgan fingerprint density at radius 1 is 0.870 bits per heavy atom. The van der Waals surface area contributed by atoms with E-state index >= 15 is 0 Å². The molecule has 0 fully saturated rings. The maximum atomic E-state index is 12.3. The van der Waals surface area contributed by atoms with E-state index in [1.807, 2.05) is 57.2 Å². The van der Waals surface area contributed by atoms with Crippen LogP contribution in [0.2, 0.25) is 0 Å². The topological polar surface area (TPSA) is 32.3 Å². The first-order valence-electron chi connectivity index (χ1n) is 8.03. The van der Waals surface area contributed by atoms with Crippen LogP contribution in [0.25, 0.3) is 0 Å². The van der Waals surface area contributed by atoms with E-state index in [1.54, 1.807) is 0 Å². The molecular weight excluding hydrogens is 284 g/mol. The summed E-state index contributed by atoms with van der Waals surface area (Å²) in [7, 11) is 0. The molecule has 0 aliphatic rings. The van der Waals surface area contributed by atoms with Crippen LogP contribution < -0.4 is 5.32 Å². The highest BCUT2D eigenvalue weighted by Gasteiger charge is 2.17. The molecule has 1 amide bonds. The zero-order valence-electron chi connectivity index (χ0n) is 14.3. The number of nitrogens with one attached hydrogen (secondary N) is 1. The third-order valence-corrected chi connectivity index (χ3v) is 3.38. The number of amides is 1. The summed E-state index contributed by atoms with van der Waals surface area (Å²) in [6.07, 6.45) is 0. The molecule has 23 heavy (non-hydrogen) atoms. The third-order valence-electron chi connectivity index (χ3n) is 3.38. The Hall–Kier alpha value is -2.13. The van der Waals surface area contributed by atoms with Crippen molar-refractivity contribution in [1.82, 2.24) is 10.2 Å². The molecule has 3 heteroatoms. The van der Waals surface area contributed by atoms with Gasteiger partial charge in [0.05, 0.1) is 6.54 Å². The molecule has 2 aromatic rings. The van der Waals surface area contributed by atoms with Crippen molar-refractivity contribution in [3.05, 3.63) is 71.8 Å². The summed E-state index contributed by atoms with van der Waals surface area (Å²) in [4.78, 5) is 14.5. The smallest absolute Gasteiger partial charge is 0.234 e. The van der Waals surface area contributed by atoms with Crippen LogP contribution in [0.1, 0.15) is 31.9 Å². The van der Waals surface area contributed by atoms with Crippen LogP contribution in [-0.2, 0) is 17.9 Å². The number of hydrogen-bond donors (Lipinski definition) is 1. The quantitative estimate of drug-likeness (QED) is 0.884. The predicted octanol–water partition coefficient (Wildman–Crippen LogP) is 3.60. The molecule has 3 nitrogen and oxygen atoms in total. The van der Waals surface area contributed by atoms with E-state index in [1.165, 1.54) is 11.1 Å². The SMILES string of the molecule is CC(C)(C)NC(=O)CN(Cc1ccccc1)Cc1ccccc1. The molecular formula is C20H26N2O. The highest BCUT2D eigenvalue weighted by molar-refractivity contribution is 5.78. The molecule has 0 bridgehead atoms. The average molecular weight is 310 g/mol. The van der Waals surface area contributed by atoms with Gasteiger partial charge in [0.2, 0.25) is 5.91 Å². The van der Waals surface area contributed by atoms with Crippen LogP contribution in [-0.4, -0.2) is 22.9 Å². The summed E-state index contributed by atoms with van der Waals surface area (Å²) < 4.78 is 0. The zero-order valence-corrected chi connectivity index (χ0v) is 14.3. The fraction of sp³-hybridized carbons (Fsp3) is 0.350. The van der Waals surface area contributed by atoms with E-state index < -0.39 is 0 Å². The van der Waals surface area contributed by atoms with Crippen LogP contribution >= 0.6 is 0 Å². The highest BCUT2D eigenvalue weighted by Crippen LogP contribution is 2.10. The van der Waals surface area contributed by atoms with E-state index in [0.29, 0.717) is 6.54 Å². The van der Waals surface area contributed by atoms with E-state index in [4.69, 9.17) is 0 Å². The van der Waals surface area contributed by atoms with Crippen molar-refractivity contribution in [2.75, 3.05) is 6.54 Å². The monoisotopic (exact) mass is 310 g/mol. The maximum Gasteiger partial charge on any atom is 0.234 e. The summed E-state index contributed by atoms with van der Waals surface area (Å²) in [5.41, 5.74) is 2.22.